The number of unbranched alkanes of at least 4 members (excludes halogenated alkanes) is 1. The fourth-order valence-corrected chi connectivity index (χ4v) is 1.62. The Morgan fingerprint density at radius 1 is 0.938 bits per heavy atom. The number of rotatable bonds is 7. The van der Waals surface area contributed by atoms with Crippen LogP contribution in [0.1, 0.15) is 30.4 Å². The first-order chi connectivity index (χ1) is 7.72. The van der Waals surface area contributed by atoms with Gasteiger partial charge in [0.15, 0.2) is 0 Å². The van der Waals surface area contributed by atoms with Crippen LogP contribution in [0.3, 0.4) is 0 Å². The molecular formula is C13H19F2N. The van der Waals surface area contributed by atoms with Crippen molar-refractivity contribution in [2.45, 2.75) is 38.5 Å². The Morgan fingerprint density at radius 3 is 2.00 bits per heavy atom. The van der Waals surface area contributed by atoms with Gasteiger partial charge in [-0.05, 0) is 43.4 Å². The number of benzene rings is 1. The van der Waals surface area contributed by atoms with Crippen LogP contribution < -0.4 is 5.73 Å². The van der Waals surface area contributed by atoms with Crippen LogP contribution in [0.4, 0.5) is 8.78 Å². The lowest BCUT2D eigenvalue weighted by atomic mass is 10.0. The minimum atomic E-state index is -2.20. The summed E-state index contributed by atoms with van der Waals surface area (Å²) in [5, 5.41) is 0. The maximum Gasteiger partial charge on any atom is 0.239 e. The average molecular weight is 227 g/mol. The van der Waals surface area contributed by atoms with E-state index in [1.165, 1.54) is 5.56 Å². The fraction of sp³-hybridized carbons (Fsp3) is 0.538. The van der Waals surface area contributed by atoms with Crippen molar-refractivity contribution in [3.05, 3.63) is 35.4 Å². The highest BCUT2D eigenvalue weighted by Gasteiger charge is 2.02. The van der Waals surface area contributed by atoms with Crippen molar-refractivity contribution < 1.29 is 8.78 Å². The first kappa shape index (κ1) is 13.1. The van der Waals surface area contributed by atoms with Crippen LogP contribution in [-0.2, 0) is 12.8 Å². The molecular weight excluding hydrogens is 208 g/mol. The van der Waals surface area contributed by atoms with Crippen LogP contribution in [0.5, 0.6) is 0 Å². The molecule has 0 unspecified atom stereocenters. The number of halogens is 2. The minimum Gasteiger partial charge on any atom is -0.330 e. The maximum atomic E-state index is 12.0. The number of alkyl halides is 2. The number of nitrogens with two attached hydrogens (primary N) is 1. The van der Waals surface area contributed by atoms with E-state index < -0.39 is 6.43 Å². The van der Waals surface area contributed by atoms with E-state index >= 15 is 0 Å². The average Bonchev–Trinajstić information content (AvgIpc) is 2.28. The molecule has 0 bridgehead atoms. The van der Waals surface area contributed by atoms with Crippen LogP contribution in [0.25, 0.3) is 0 Å². The molecule has 1 rings (SSSR count). The first-order valence-electron chi connectivity index (χ1n) is 5.78. The zero-order valence-electron chi connectivity index (χ0n) is 9.46. The molecule has 0 aromatic heterocycles. The third-order valence-electron chi connectivity index (χ3n) is 2.59. The molecule has 0 aliphatic carbocycles. The zero-order chi connectivity index (χ0) is 11.8. The maximum absolute atomic E-state index is 12.0. The third kappa shape index (κ3) is 5.21. The Kier molecular flexibility index (Phi) is 6.01. The van der Waals surface area contributed by atoms with E-state index in [0.29, 0.717) is 6.42 Å². The van der Waals surface area contributed by atoms with E-state index in [2.05, 4.69) is 0 Å². The lowest BCUT2D eigenvalue weighted by molar-refractivity contribution is 0.138. The molecule has 1 aromatic carbocycles. The zero-order valence-corrected chi connectivity index (χ0v) is 9.46. The molecule has 2 N–H and O–H groups in total. The standard InChI is InChI=1S/C13H19F2N/c14-13(15)9-8-12-6-4-11(5-7-12)3-1-2-10-16/h4-7,13H,1-3,8-10,16H2. The van der Waals surface area contributed by atoms with E-state index in [4.69, 9.17) is 5.73 Å². The summed E-state index contributed by atoms with van der Waals surface area (Å²) in [5.41, 5.74) is 7.66. The predicted octanol–water partition coefficient (Wildman–Crippen LogP) is 3.17. The summed E-state index contributed by atoms with van der Waals surface area (Å²) in [6.07, 6.45) is 1.35. The van der Waals surface area contributed by atoms with Gasteiger partial charge in [0.1, 0.15) is 0 Å². The smallest absolute Gasteiger partial charge is 0.239 e. The summed E-state index contributed by atoms with van der Waals surface area (Å²) in [7, 11) is 0. The molecule has 0 atom stereocenters. The molecule has 0 amide bonds. The summed E-state index contributed by atoms with van der Waals surface area (Å²) in [4.78, 5) is 0. The quantitative estimate of drug-likeness (QED) is 0.711. The Balaban J connectivity index is 2.35. The van der Waals surface area contributed by atoms with Crippen molar-refractivity contribution >= 4 is 0 Å². The SMILES string of the molecule is NCCCCc1ccc(CCC(F)F)cc1. The van der Waals surface area contributed by atoms with Gasteiger partial charge in [-0.25, -0.2) is 8.78 Å². The second-order valence-corrected chi connectivity index (χ2v) is 3.99. The van der Waals surface area contributed by atoms with Gasteiger partial charge in [-0.1, -0.05) is 24.3 Å². The summed E-state index contributed by atoms with van der Waals surface area (Å²) in [6.45, 7) is 0.729. The van der Waals surface area contributed by atoms with Crippen molar-refractivity contribution in [1.82, 2.24) is 0 Å². The van der Waals surface area contributed by atoms with Gasteiger partial charge in [0, 0.05) is 6.42 Å². The molecule has 0 heterocycles. The van der Waals surface area contributed by atoms with Crippen LogP contribution in [0.15, 0.2) is 24.3 Å². The van der Waals surface area contributed by atoms with E-state index in [1.807, 2.05) is 24.3 Å². The molecule has 3 heteroatoms. The Morgan fingerprint density at radius 2 is 1.50 bits per heavy atom. The molecule has 0 aliphatic heterocycles. The number of aryl methyl sites for hydroxylation is 2. The molecule has 1 nitrogen and oxygen atoms in total. The van der Waals surface area contributed by atoms with Crippen LogP contribution in [0, 0.1) is 0 Å². The minimum absolute atomic E-state index is 0.0491. The summed E-state index contributed by atoms with van der Waals surface area (Å²) < 4.78 is 24.0. The monoisotopic (exact) mass is 227 g/mol. The van der Waals surface area contributed by atoms with E-state index in [0.717, 1.165) is 31.4 Å². The third-order valence-corrected chi connectivity index (χ3v) is 2.59. The van der Waals surface area contributed by atoms with Crippen molar-refractivity contribution in [2.24, 2.45) is 5.73 Å². The first-order valence-corrected chi connectivity index (χ1v) is 5.78. The largest absolute Gasteiger partial charge is 0.330 e. The molecule has 90 valence electrons. The molecule has 0 radical (unpaired) electrons. The highest BCUT2D eigenvalue weighted by molar-refractivity contribution is 5.22. The van der Waals surface area contributed by atoms with Crippen molar-refractivity contribution in [3.8, 4) is 0 Å². The van der Waals surface area contributed by atoms with E-state index in [1.54, 1.807) is 0 Å². The van der Waals surface area contributed by atoms with Gasteiger partial charge in [0.05, 0.1) is 0 Å². The summed E-state index contributed by atoms with van der Waals surface area (Å²) in [6, 6.07) is 7.94. The predicted molar refractivity (Wildman–Crippen MR) is 62.8 cm³/mol. The molecule has 0 saturated carbocycles. The van der Waals surface area contributed by atoms with Gasteiger partial charge in [0.2, 0.25) is 6.43 Å². The van der Waals surface area contributed by atoms with Gasteiger partial charge in [-0.3, -0.25) is 0 Å². The molecule has 0 aliphatic rings. The second-order valence-electron chi connectivity index (χ2n) is 3.99. The molecule has 1 aromatic rings. The Hall–Kier alpha value is -0.960. The van der Waals surface area contributed by atoms with Gasteiger partial charge >= 0.3 is 0 Å². The van der Waals surface area contributed by atoms with E-state index in [-0.39, 0.29) is 6.42 Å². The van der Waals surface area contributed by atoms with Crippen LogP contribution in [-0.4, -0.2) is 13.0 Å². The van der Waals surface area contributed by atoms with Crippen LogP contribution in [0.2, 0.25) is 0 Å². The van der Waals surface area contributed by atoms with Crippen molar-refractivity contribution in [2.75, 3.05) is 6.54 Å². The number of hydrogen-bond donors (Lipinski definition) is 1. The van der Waals surface area contributed by atoms with Crippen molar-refractivity contribution in [3.63, 3.8) is 0 Å². The van der Waals surface area contributed by atoms with Gasteiger partial charge < -0.3 is 5.73 Å². The highest BCUT2D eigenvalue weighted by atomic mass is 19.3. The molecule has 0 saturated heterocycles. The van der Waals surface area contributed by atoms with Gasteiger partial charge in [-0.15, -0.1) is 0 Å². The lowest BCUT2D eigenvalue weighted by Gasteiger charge is -2.04. The topological polar surface area (TPSA) is 26.0 Å². The molecule has 0 fully saturated rings. The van der Waals surface area contributed by atoms with Gasteiger partial charge in [-0.2, -0.15) is 0 Å². The highest BCUT2D eigenvalue weighted by Crippen LogP contribution is 2.11. The Labute approximate surface area is 95.7 Å². The summed E-state index contributed by atoms with van der Waals surface area (Å²) in [5.74, 6) is 0. The summed E-state index contributed by atoms with van der Waals surface area (Å²) >= 11 is 0. The molecule has 0 spiro atoms. The Bertz CT molecular complexity index is 282. The van der Waals surface area contributed by atoms with Crippen LogP contribution >= 0.6 is 0 Å². The normalized spacial score (nSPS) is 11.0. The lowest BCUT2D eigenvalue weighted by Crippen LogP contribution is -1.99. The second kappa shape index (κ2) is 7.34. The van der Waals surface area contributed by atoms with E-state index in [9.17, 15) is 8.78 Å². The number of hydrogen-bond acceptors (Lipinski definition) is 1. The van der Waals surface area contributed by atoms with Gasteiger partial charge in [0.25, 0.3) is 0 Å². The van der Waals surface area contributed by atoms with Crippen molar-refractivity contribution in [1.29, 1.82) is 0 Å². The molecule has 16 heavy (non-hydrogen) atoms. The fourth-order valence-electron chi connectivity index (χ4n) is 1.62.